The molecule has 3 saturated carbocycles. The van der Waals surface area contributed by atoms with Crippen LogP contribution < -0.4 is 0 Å². The highest BCUT2D eigenvalue weighted by Gasteiger charge is 2.63. The summed E-state index contributed by atoms with van der Waals surface area (Å²) in [7, 11) is 0. The van der Waals surface area contributed by atoms with E-state index in [9.17, 15) is 15.0 Å². The van der Waals surface area contributed by atoms with E-state index in [-0.39, 0.29) is 23.2 Å². The number of ketones is 1. The van der Waals surface area contributed by atoms with Gasteiger partial charge in [0.2, 0.25) is 0 Å². The highest BCUT2D eigenvalue weighted by atomic mass is 16.3. The van der Waals surface area contributed by atoms with E-state index in [1.165, 1.54) is 5.57 Å². The minimum absolute atomic E-state index is 0.0309. The van der Waals surface area contributed by atoms with Crippen LogP contribution in [0.5, 0.6) is 0 Å². The first-order chi connectivity index (χ1) is 11.8. The first-order valence-corrected chi connectivity index (χ1v) is 9.57. The highest BCUT2D eigenvalue weighted by Crippen LogP contribution is 2.66. The Labute approximate surface area is 150 Å². The van der Waals surface area contributed by atoms with Gasteiger partial charge in [-0.15, -0.1) is 6.42 Å². The molecule has 4 aliphatic rings. The van der Waals surface area contributed by atoms with Crippen molar-refractivity contribution >= 4 is 5.78 Å². The Hall–Kier alpha value is -1.37. The Kier molecular flexibility index (Phi) is 3.63. The zero-order valence-electron chi connectivity index (χ0n) is 15.2. The van der Waals surface area contributed by atoms with Crippen molar-refractivity contribution in [2.24, 2.45) is 28.6 Å². The molecule has 4 aliphatic carbocycles. The number of rotatable bonds is 1. The van der Waals surface area contributed by atoms with Crippen molar-refractivity contribution in [2.45, 2.75) is 58.0 Å². The summed E-state index contributed by atoms with van der Waals surface area (Å²) in [5.41, 5.74) is 0.437. The Balaban J connectivity index is 1.73. The van der Waals surface area contributed by atoms with E-state index in [2.05, 4.69) is 19.8 Å². The molecule has 2 N–H and O–H groups in total. The number of aliphatic hydroxyl groups excluding tert-OH is 1. The molecule has 0 saturated heterocycles. The van der Waals surface area contributed by atoms with Gasteiger partial charge in [-0.1, -0.05) is 31.4 Å². The monoisotopic (exact) mass is 340 g/mol. The van der Waals surface area contributed by atoms with Gasteiger partial charge in [-0.2, -0.15) is 0 Å². The molecule has 0 aromatic rings. The molecular formula is C22H28O3. The number of allylic oxidation sites excluding steroid dienone is 3. The Morgan fingerprint density at radius 3 is 2.64 bits per heavy atom. The number of fused-ring (bicyclic) bond motifs is 5. The smallest absolute Gasteiger partial charge is 0.183 e. The van der Waals surface area contributed by atoms with Gasteiger partial charge in [-0.05, 0) is 62.4 Å². The number of hydrogen-bond donors (Lipinski definition) is 2. The fourth-order valence-electron chi connectivity index (χ4n) is 6.75. The molecule has 3 nitrogen and oxygen atoms in total. The lowest BCUT2D eigenvalue weighted by atomic mass is 9.47. The summed E-state index contributed by atoms with van der Waals surface area (Å²) in [4.78, 5) is 12.2. The molecule has 0 bridgehead atoms. The molecule has 0 aromatic heterocycles. The lowest BCUT2D eigenvalue weighted by Gasteiger charge is -2.57. The number of carbonyl (C=O) groups is 1. The predicted molar refractivity (Wildman–Crippen MR) is 96.4 cm³/mol. The maximum absolute atomic E-state index is 12.2. The fraction of sp³-hybridized carbons (Fsp3) is 0.682. The minimum Gasteiger partial charge on any atom is -0.392 e. The lowest BCUT2D eigenvalue weighted by Crippen LogP contribution is -2.54. The average Bonchev–Trinajstić information content (AvgIpc) is 2.87. The molecule has 4 rings (SSSR count). The first kappa shape index (κ1) is 17.1. The van der Waals surface area contributed by atoms with E-state index in [1.807, 2.05) is 6.08 Å². The van der Waals surface area contributed by atoms with Crippen molar-refractivity contribution in [1.29, 1.82) is 0 Å². The SMILES string of the molecule is C#C[C@]1(O)CC[C@H]2[C@@H]3CCC4=CC(=O)C(CO)=C[C@]4(C)[C@H]3CC[C@@]21C. The van der Waals surface area contributed by atoms with Crippen LogP contribution in [-0.2, 0) is 4.79 Å². The molecule has 3 heteroatoms. The third-order valence-corrected chi connectivity index (χ3v) is 8.30. The Bertz CT molecular complexity index is 726. The fourth-order valence-corrected chi connectivity index (χ4v) is 6.75. The molecule has 0 spiro atoms. The van der Waals surface area contributed by atoms with Crippen molar-refractivity contribution in [2.75, 3.05) is 6.61 Å². The molecule has 6 atom stereocenters. The van der Waals surface area contributed by atoms with Crippen molar-refractivity contribution in [3.63, 3.8) is 0 Å². The number of aliphatic hydroxyl groups is 2. The topological polar surface area (TPSA) is 57.5 Å². The molecule has 134 valence electrons. The summed E-state index contributed by atoms with van der Waals surface area (Å²) >= 11 is 0. The van der Waals surface area contributed by atoms with Crippen molar-refractivity contribution in [3.05, 3.63) is 23.3 Å². The van der Waals surface area contributed by atoms with E-state index < -0.39 is 5.60 Å². The second kappa shape index (κ2) is 5.32. The predicted octanol–water partition coefficient (Wildman–Crippen LogP) is 3.02. The second-order valence-corrected chi connectivity index (χ2v) is 9.06. The van der Waals surface area contributed by atoms with Crippen LogP contribution in [0.4, 0.5) is 0 Å². The normalized spacial score (nSPS) is 48.6. The zero-order chi connectivity index (χ0) is 18.0. The van der Waals surface area contributed by atoms with Crippen LogP contribution in [0.3, 0.4) is 0 Å². The quantitative estimate of drug-likeness (QED) is 0.722. The summed E-state index contributed by atoms with van der Waals surface area (Å²) in [6.07, 6.45) is 15.2. The molecule has 0 aliphatic heterocycles. The van der Waals surface area contributed by atoms with Gasteiger partial charge in [-0.25, -0.2) is 0 Å². The van der Waals surface area contributed by atoms with Gasteiger partial charge in [0, 0.05) is 16.4 Å². The third kappa shape index (κ3) is 2.04. The van der Waals surface area contributed by atoms with Crippen molar-refractivity contribution in [3.8, 4) is 12.3 Å². The standard InChI is InChI=1S/C22H28O3/c1-4-22(25)10-8-18-16-6-5-15-11-19(24)14(13-23)12-20(15,2)17(16)7-9-21(18,22)3/h1,11-12,16-18,23,25H,5-10,13H2,2-3H3/t16-,17+,18+,20+,21+,22+/m1/s1. The molecule has 0 unspecified atom stereocenters. The van der Waals surface area contributed by atoms with E-state index in [4.69, 9.17) is 6.42 Å². The van der Waals surface area contributed by atoms with E-state index in [0.29, 0.717) is 29.7 Å². The van der Waals surface area contributed by atoms with Crippen LogP contribution in [-0.4, -0.2) is 28.2 Å². The van der Waals surface area contributed by atoms with E-state index >= 15 is 0 Å². The molecule has 3 fully saturated rings. The summed E-state index contributed by atoms with van der Waals surface area (Å²) in [5.74, 6) is 4.11. The van der Waals surface area contributed by atoms with Gasteiger partial charge in [-0.3, -0.25) is 4.79 Å². The average molecular weight is 340 g/mol. The Morgan fingerprint density at radius 2 is 1.96 bits per heavy atom. The highest BCUT2D eigenvalue weighted by molar-refractivity contribution is 6.06. The second-order valence-electron chi connectivity index (χ2n) is 9.06. The van der Waals surface area contributed by atoms with Crippen molar-refractivity contribution in [1.82, 2.24) is 0 Å². The van der Waals surface area contributed by atoms with Gasteiger partial charge in [0.15, 0.2) is 5.78 Å². The third-order valence-electron chi connectivity index (χ3n) is 8.30. The largest absolute Gasteiger partial charge is 0.392 e. The number of carbonyl (C=O) groups excluding carboxylic acids is 1. The van der Waals surface area contributed by atoms with Crippen LogP contribution in [0.2, 0.25) is 0 Å². The number of hydrogen-bond acceptors (Lipinski definition) is 3. The van der Waals surface area contributed by atoms with Crippen LogP contribution >= 0.6 is 0 Å². The van der Waals surface area contributed by atoms with Crippen LogP contribution in [0.15, 0.2) is 23.3 Å². The molecule has 0 amide bonds. The van der Waals surface area contributed by atoms with Crippen molar-refractivity contribution < 1.29 is 15.0 Å². The first-order valence-electron chi connectivity index (χ1n) is 9.57. The number of terminal acetylenes is 1. The molecule has 0 heterocycles. The minimum atomic E-state index is -0.978. The van der Waals surface area contributed by atoms with E-state index in [0.717, 1.165) is 32.1 Å². The maximum atomic E-state index is 12.2. The molecule has 25 heavy (non-hydrogen) atoms. The summed E-state index contributed by atoms with van der Waals surface area (Å²) < 4.78 is 0. The van der Waals surface area contributed by atoms with Crippen LogP contribution in [0.1, 0.15) is 52.4 Å². The Morgan fingerprint density at radius 1 is 1.24 bits per heavy atom. The van der Waals surface area contributed by atoms with Gasteiger partial charge in [0.1, 0.15) is 5.60 Å². The molecule has 0 aromatic carbocycles. The van der Waals surface area contributed by atoms with Gasteiger partial charge in [0.05, 0.1) is 6.61 Å². The molecular weight excluding hydrogens is 312 g/mol. The van der Waals surface area contributed by atoms with Gasteiger partial charge in [0.25, 0.3) is 0 Å². The maximum Gasteiger partial charge on any atom is 0.183 e. The van der Waals surface area contributed by atoms with Crippen LogP contribution in [0.25, 0.3) is 0 Å². The van der Waals surface area contributed by atoms with Gasteiger partial charge >= 0.3 is 0 Å². The summed E-state index contributed by atoms with van der Waals surface area (Å²) in [5, 5.41) is 20.6. The van der Waals surface area contributed by atoms with Crippen LogP contribution in [0, 0.1) is 40.9 Å². The van der Waals surface area contributed by atoms with Gasteiger partial charge < -0.3 is 10.2 Å². The summed E-state index contributed by atoms with van der Waals surface area (Å²) in [6, 6.07) is 0. The zero-order valence-corrected chi connectivity index (χ0v) is 15.2. The molecule has 0 radical (unpaired) electrons. The van der Waals surface area contributed by atoms with E-state index in [1.54, 1.807) is 6.08 Å². The summed E-state index contributed by atoms with van der Waals surface area (Å²) in [6.45, 7) is 4.24. The lowest BCUT2D eigenvalue weighted by molar-refractivity contribution is -0.112.